The number of halogens is 1. The molecule has 1 aromatic carbocycles. The van der Waals surface area contributed by atoms with Gasteiger partial charge in [0.2, 0.25) is 0 Å². The van der Waals surface area contributed by atoms with Crippen molar-refractivity contribution in [1.29, 1.82) is 0 Å². The van der Waals surface area contributed by atoms with Crippen LogP contribution in [0, 0.1) is 11.8 Å². The van der Waals surface area contributed by atoms with Gasteiger partial charge in [0.25, 0.3) is 5.91 Å². The standard InChI is InChI=1S/C25H23ClN4O3/c26-19-3-1-14(2-4-19)22-9-18-13-30(24(31)23(18)28-22)20-5-6-21(27-10-20)15-7-16-11-29(25(32)33)12-17(16)8-15/h1-6,9-10,15-17,22H,7-8,11-13H2,(H,32,33). The fraction of sp³-hybridized carbons (Fsp3) is 0.360. The molecule has 3 unspecified atom stereocenters. The molecule has 3 aliphatic heterocycles. The van der Waals surface area contributed by atoms with Gasteiger partial charge in [-0.25, -0.2) is 4.79 Å². The van der Waals surface area contributed by atoms with Crippen molar-refractivity contribution in [2.24, 2.45) is 16.8 Å². The summed E-state index contributed by atoms with van der Waals surface area (Å²) in [6, 6.07) is 11.4. The van der Waals surface area contributed by atoms with E-state index in [4.69, 9.17) is 16.6 Å². The lowest BCUT2D eigenvalue weighted by Gasteiger charge is -2.18. The maximum absolute atomic E-state index is 13.0. The number of hydrogen-bond donors (Lipinski definition) is 1. The summed E-state index contributed by atoms with van der Waals surface area (Å²) in [6.07, 6.45) is 4.96. The van der Waals surface area contributed by atoms with E-state index >= 15 is 0 Å². The third-order valence-electron chi connectivity index (χ3n) is 7.44. The number of hydrogen-bond acceptors (Lipinski definition) is 4. The summed E-state index contributed by atoms with van der Waals surface area (Å²) in [5.41, 5.74) is 4.31. The van der Waals surface area contributed by atoms with E-state index in [1.807, 2.05) is 36.4 Å². The molecule has 6 rings (SSSR count). The van der Waals surface area contributed by atoms with E-state index in [0.29, 0.717) is 48.1 Å². The van der Waals surface area contributed by atoms with Gasteiger partial charge < -0.3 is 14.9 Å². The van der Waals surface area contributed by atoms with Gasteiger partial charge in [0.15, 0.2) is 0 Å². The third-order valence-corrected chi connectivity index (χ3v) is 7.69. The zero-order valence-electron chi connectivity index (χ0n) is 17.9. The van der Waals surface area contributed by atoms with Gasteiger partial charge in [-0.15, -0.1) is 0 Å². The molecular weight excluding hydrogens is 440 g/mol. The van der Waals surface area contributed by atoms with Gasteiger partial charge in [0.1, 0.15) is 5.71 Å². The van der Waals surface area contributed by atoms with Gasteiger partial charge in [-0.05, 0) is 60.6 Å². The van der Waals surface area contributed by atoms with Gasteiger partial charge in [-0.1, -0.05) is 23.7 Å². The number of nitrogens with zero attached hydrogens (tertiary/aromatic N) is 4. The van der Waals surface area contributed by atoms with Crippen LogP contribution in [0.15, 0.2) is 59.2 Å². The number of rotatable bonds is 3. The third kappa shape index (κ3) is 3.51. The van der Waals surface area contributed by atoms with Crippen LogP contribution in [0.25, 0.3) is 0 Å². The van der Waals surface area contributed by atoms with Gasteiger partial charge in [-0.2, -0.15) is 0 Å². The summed E-state index contributed by atoms with van der Waals surface area (Å²) in [5.74, 6) is 1.11. The fourth-order valence-electron chi connectivity index (χ4n) is 5.75. The van der Waals surface area contributed by atoms with Crippen LogP contribution in [0.4, 0.5) is 10.5 Å². The van der Waals surface area contributed by atoms with Crippen LogP contribution in [-0.4, -0.2) is 52.3 Å². The van der Waals surface area contributed by atoms with Gasteiger partial charge in [0.05, 0.1) is 24.5 Å². The highest BCUT2D eigenvalue weighted by molar-refractivity contribution is 6.53. The van der Waals surface area contributed by atoms with E-state index in [1.165, 1.54) is 4.90 Å². The maximum atomic E-state index is 13.0. The predicted molar refractivity (Wildman–Crippen MR) is 125 cm³/mol. The normalized spacial score (nSPS) is 28.1. The number of carbonyl (C=O) groups excluding carboxylic acids is 1. The molecule has 1 aliphatic carbocycles. The van der Waals surface area contributed by atoms with Crippen LogP contribution in [0.1, 0.15) is 36.1 Å². The Morgan fingerprint density at radius 2 is 1.79 bits per heavy atom. The van der Waals surface area contributed by atoms with Crippen LogP contribution >= 0.6 is 11.6 Å². The molecule has 0 spiro atoms. The average Bonchev–Trinajstić information content (AvgIpc) is 3.55. The molecule has 0 radical (unpaired) electrons. The average molecular weight is 463 g/mol. The first-order valence-electron chi connectivity index (χ1n) is 11.3. The lowest BCUT2D eigenvalue weighted by atomic mass is 10.0. The van der Waals surface area contributed by atoms with E-state index in [0.717, 1.165) is 35.4 Å². The van der Waals surface area contributed by atoms with E-state index in [9.17, 15) is 14.7 Å². The van der Waals surface area contributed by atoms with Crippen molar-refractivity contribution in [3.8, 4) is 0 Å². The molecule has 33 heavy (non-hydrogen) atoms. The van der Waals surface area contributed by atoms with Crippen molar-refractivity contribution in [2.45, 2.75) is 24.8 Å². The first kappa shape index (κ1) is 20.4. The molecule has 1 aromatic heterocycles. The van der Waals surface area contributed by atoms with E-state index in [-0.39, 0.29) is 11.9 Å². The minimum absolute atomic E-state index is 0.0866. The number of aliphatic imine (C=N–C) groups is 1. The molecule has 8 heteroatoms. The van der Waals surface area contributed by atoms with Crippen molar-refractivity contribution in [1.82, 2.24) is 9.88 Å². The zero-order chi connectivity index (χ0) is 22.7. The highest BCUT2D eigenvalue weighted by atomic mass is 35.5. The molecule has 3 atom stereocenters. The summed E-state index contributed by atoms with van der Waals surface area (Å²) in [4.78, 5) is 36.9. The molecular formula is C25H23ClN4O3. The minimum Gasteiger partial charge on any atom is -0.465 e. The van der Waals surface area contributed by atoms with Crippen molar-refractivity contribution >= 4 is 35.0 Å². The SMILES string of the molecule is O=C(O)N1CC2CC(c3ccc(N4CC5=CC(c6ccc(Cl)cc6)N=C5C4=O)cn3)CC2C1. The Balaban J connectivity index is 1.13. The topological polar surface area (TPSA) is 86.1 Å². The Bertz CT molecular complexity index is 1180. The first-order valence-corrected chi connectivity index (χ1v) is 11.6. The van der Waals surface area contributed by atoms with Gasteiger partial charge in [0, 0.05) is 35.3 Å². The van der Waals surface area contributed by atoms with Crippen LogP contribution in [0.3, 0.4) is 0 Å². The monoisotopic (exact) mass is 462 g/mol. The Morgan fingerprint density at radius 3 is 2.39 bits per heavy atom. The Morgan fingerprint density at radius 1 is 1.06 bits per heavy atom. The maximum Gasteiger partial charge on any atom is 0.407 e. The van der Waals surface area contributed by atoms with Crippen LogP contribution in [0.5, 0.6) is 0 Å². The van der Waals surface area contributed by atoms with Gasteiger partial charge in [-0.3, -0.25) is 14.8 Å². The largest absolute Gasteiger partial charge is 0.465 e. The molecule has 2 saturated heterocycles. The number of carbonyl (C=O) groups is 2. The second kappa shape index (κ2) is 7.70. The van der Waals surface area contributed by atoms with E-state index in [1.54, 1.807) is 11.1 Å². The number of benzene rings is 1. The van der Waals surface area contributed by atoms with E-state index < -0.39 is 6.09 Å². The quantitative estimate of drug-likeness (QED) is 0.736. The number of carboxylic acid groups (broad SMARTS) is 1. The summed E-state index contributed by atoms with van der Waals surface area (Å²) >= 11 is 5.98. The highest BCUT2D eigenvalue weighted by Crippen LogP contribution is 2.46. The van der Waals surface area contributed by atoms with E-state index in [2.05, 4.69) is 11.1 Å². The molecule has 4 heterocycles. The molecule has 2 amide bonds. The zero-order valence-corrected chi connectivity index (χ0v) is 18.7. The van der Waals surface area contributed by atoms with Crippen molar-refractivity contribution in [2.75, 3.05) is 24.5 Å². The lowest BCUT2D eigenvalue weighted by Crippen LogP contribution is -2.28. The fourth-order valence-corrected chi connectivity index (χ4v) is 5.88. The lowest BCUT2D eigenvalue weighted by molar-refractivity contribution is -0.111. The molecule has 3 fully saturated rings. The minimum atomic E-state index is -0.817. The molecule has 1 N–H and O–H groups in total. The Hall–Kier alpha value is -3.19. The smallest absolute Gasteiger partial charge is 0.407 e. The number of pyridine rings is 1. The second-order valence-corrected chi connectivity index (χ2v) is 9.81. The molecule has 2 aromatic rings. The molecule has 168 valence electrons. The summed E-state index contributed by atoms with van der Waals surface area (Å²) in [5, 5.41) is 9.89. The summed E-state index contributed by atoms with van der Waals surface area (Å²) in [7, 11) is 0. The number of likely N-dealkylation sites (tertiary alicyclic amines) is 1. The summed E-state index contributed by atoms with van der Waals surface area (Å²) < 4.78 is 0. The van der Waals surface area contributed by atoms with Crippen molar-refractivity contribution < 1.29 is 14.7 Å². The molecule has 1 saturated carbocycles. The number of amides is 2. The van der Waals surface area contributed by atoms with Crippen LogP contribution in [0.2, 0.25) is 5.02 Å². The second-order valence-electron chi connectivity index (χ2n) is 9.37. The van der Waals surface area contributed by atoms with Gasteiger partial charge >= 0.3 is 6.09 Å². The highest BCUT2D eigenvalue weighted by Gasteiger charge is 2.43. The molecule has 7 nitrogen and oxygen atoms in total. The Labute approximate surface area is 196 Å². The summed E-state index contributed by atoms with van der Waals surface area (Å²) in [6.45, 7) is 1.76. The van der Waals surface area contributed by atoms with Crippen molar-refractivity contribution in [3.63, 3.8) is 0 Å². The first-order chi connectivity index (χ1) is 16.0. The van der Waals surface area contributed by atoms with Crippen LogP contribution in [-0.2, 0) is 4.79 Å². The predicted octanol–water partition coefficient (Wildman–Crippen LogP) is 4.31. The number of aromatic nitrogens is 1. The molecule has 0 bridgehead atoms. The molecule has 4 aliphatic rings. The Kier molecular flexibility index (Phi) is 4.76. The number of anilines is 1. The van der Waals surface area contributed by atoms with Crippen molar-refractivity contribution in [3.05, 3.63) is 70.5 Å². The van der Waals surface area contributed by atoms with Crippen LogP contribution < -0.4 is 4.90 Å². The number of fused-ring (bicyclic) bond motifs is 2.